The fraction of sp³-hybridized carbons (Fsp3) is 0.938. The van der Waals surface area contributed by atoms with Crippen molar-refractivity contribution in [1.29, 1.82) is 0 Å². The van der Waals surface area contributed by atoms with Crippen LogP contribution in [0.5, 0.6) is 0 Å². The number of piperidine rings is 1. The van der Waals surface area contributed by atoms with Crippen molar-refractivity contribution >= 4 is 6.09 Å². The van der Waals surface area contributed by atoms with Gasteiger partial charge in [0.25, 0.3) is 0 Å². The molecule has 2 fully saturated rings. The van der Waals surface area contributed by atoms with E-state index >= 15 is 0 Å². The van der Waals surface area contributed by atoms with E-state index in [1.807, 2.05) is 25.7 Å². The van der Waals surface area contributed by atoms with Crippen LogP contribution >= 0.6 is 0 Å². The second-order valence-corrected chi connectivity index (χ2v) is 7.39. The minimum Gasteiger partial charge on any atom is -0.444 e. The maximum absolute atomic E-state index is 12.2. The number of aliphatic hydroxyl groups is 1. The monoisotopic (exact) mass is 298 g/mol. The van der Waals surface area contributed by atoms with Crippen molar-refractivity contribution in [1.82, 2.24) is 10.2 Å². The lowest BCUT2D eigenvalue weighted by Crippen LogP contribution is -2.49. The molecule has 1 saturated heterocycles. The van der Waals surface area contributed by atoms with Gasteiger partial charge in [-0.2, -0.15) is 0 Å². The van der Waals surface area contributed by atoms with Crippen molar-refractivity contribution in [3.63, 3.8) is 0 Å². The lowest BCUT2D eigenvalue weighted by molar-refractivity contribution is 0.0138. The molecule has 21 heavy (non-hydrogen) atoms. The van der Waals surface area contributed by atoms with Gasteiger partial charge in [0.1, 0.15) is 5.60 Å². The number of aliphatic hydroxyl groups excluding tert-OH is 1. The summed E-state index contributed by atoms with van der Waals surface area (Å²) in [5, 5.41) is 12.9. The van der Waals surface area contributed by atoms with Crippen molar-refractivity contribution < 1.29 is 14.6 Å². The predicted molar refractivity (Wildman–Crippen MR) is 82.2 cm³/mol. The first-order chi connectivity index (χ1) is 9.89. The SMILES string of the molecule is CC(C)(C)OC(=O)N1CCC[C@H]([C@H](CCO)NC2CC2)C1. The van der Waals surface area contributed by atoms with Gasteiger partial charge in [0.2, 0.25) is 0 Å². The standard InChI is InChI=1S/C16H30N2O3/c1-16(2,3)21-15(20)18-9-4-5-12(11-18)14(8-10-19)17-13-6-7-13/h12-14,17,19H,4-11H2,1-3H3/t12-,14-/m0/s1. The van der Waals surface area contributed by atoms with Gasteiger partial charge in [-0.25, -0.2) is 4.79 Å². The highest BCUT2D eigenvalue weighted by Crippen LogP contribution is 2.27. The summed E-state index contributed by atoms with van der Waals surface area (Å²) < 4.78 is 5.48. The maximum Gasteiger partial charge on any atom is 0.410 e. The summed E-state index contributed by atoms with van der Waals surface area (Å²) in [6.45, 7) is 7.41. The van der Waals surface area contributed by atoms with Crippen molar-refractivity contribution in [2.45, 2.75) is 70.6 Å². The molecule has 0 aromatic rings. The van der Waals surface area contributed by atoms with E-state index in [9.17, 15) is 9.90 Å². The van der Waals surface area contributed by atoms with Gasteiger partial charge in [-0.3, -0.25) is 0 Å². The van der Waals surface area contributed by atoms with Crippen LogP contribution in [0.25, 0.3) is 0 Å². The van der Waals surface area contributed by atoms with Crippen LogP contribution in [0, 0.1) is 5.92 Å². The topological polar surface area (TPSA) is 61.8 Å². The Balaban J connectivity index is 1.89. The zero-order chi connectivity index (χ0) is 15.5. The quantitative estimate of drug-likeness (QED) is 0.816. The number of hydrogen-bond acceptors (Lipinski definition) is 4. The van der Waals surface area contributed by atoms with Crippen molar-refractivity contribution in [3.05, 3.63) is 0 Å². The fourth-order valence-electron chi connectivity index (χ4n) is 2.98. The molecule has 0 aromatic heterocycles. The molecule has 1 amide bonds. The van der Waals surface area contributed by atoms with Crippen LogP contribution in [-0.2, 0) is 4.74 Å². The fourth-order valence-corrected chi connectivity index (χ4v) is 2.98. The van der Waals surface area contributed by atoms with E-state index in [4.69, 9.17) is 4.74 Å². The summed E-state index contributed by atoms with van der Waals surface area (Å²) in [7, 11) is 0. The smallest absolute Gasteiger partial charge is 0.410 e. The van der Waals surface area contributed by atoms with E-state index in [2.05, 4.69) is 5.32 Å². The molecular formula is C16H30N2O3. The molecule has 0 spiro atoms. The Morgan fingerprint density at radius 1 is 1.38 bits per heavy atom. The normalized spacial score (nSPS) is 24.8. The number of carbonyl (C=O) groups is 1. The summed E-state index contributed by atoms with van der Waals surface area (Å²) in [5.41, 5.74) is -0.444. The molecule has 0 aromatic carbocycles. The number of nitrogens with one attached hydrogen (secondary N) is 1. The highest BCUT2D eigenvalue weighted by Gasteiger charge is 2.34. The van der Waals surface area contributed by atoms with Gasteiger partial charge in [0.15, 0.2) is 0 Å². The largest absolute Gasteiger partial charge is 0.444 e. The number of carbonyl (C=O) groups excluding carboxylic acids is 1. The number of nitrogens with zero attached hydrogens (tertiary/aromatic N) is 1. The zero-order valence-corrected chi connectivity index (χ0v) is 13.6. The minimum atomic E-state index is -0.444. The molecule has 2 N–H and O–H groups in total. The van der Waals surface area contributed by atoms with E-state index in [0.29, 0.717) is 18.0 Å². The summed E-state index contributed by atoms with van der Waals surface area (Å²) in [4.78, 5) is 14.0. The third-order valence-corrected chi connectivity index (χ3v) is 4.15. The van der Waals surface area contributed by atoms with Crippen molar-refractivity contribution in [2.24, 2.45) is 5.92 Å². The van der Waals surface area contributed by atoms with E-state index in [1.54, 1.807) is 0 Å². The number of likely N-dealkylation sites (tertiary alicyclic amines) is 1. The van der Waals surface area contributed by atoms with Gasteiger partial charge in [-0.05, 0) is 58.8 Å². The van der Waals surface area contributed by atoms with Crippen LogP contribution in [0.1, 0.15) is 52.9 Å². The first-order valence-corrected chi connectivity index (χ1v) is 8.24. The first kappa shape index (κ1) is 16.6. The van der Waals surface area contributed by atoms with E-state index in [1.165, 1.54) is 12.8 Å². The number of rotatable bonds is 5. The van der Waals surface area contributed by atoms with Crippen molar-refractivity contribution in [3.8, 4) is 0 Å². The summed E-state index contributed by atoms with van der Waals surface area (Å²) in [6.07, 6.45) is 5.17. The van der Waals surface area contributed by atoms with Crippen LogP contribution in [0.2, 0.25) is 0 Å². The molecule has 1 aliphatic carbocycles. The molecular weight excluding hydrogens is 268 g/mol. The maximum atomic E-state index is 12.2. The molecule has 1 saturated carbocycles. The molecule has 5 nitrogen and oxygen atoms in total. The van der Waals surface area contributed by atoms with Crippen LogP contribution < -0.4 is 5.32 Å². The van der Waals surface area contributed by atoms with Crippen LogP contribution in [0.3, 0.4) is 0 Å². The van der Waals surface area contributed by atoms with Crippen LogP contribution in [0.15, 0.2) is 0 Å². The molecule has 2 aliphatic rings. The first-order valence-electron chi connectivity index (χ1n) is 8.24. The highest BCUT2D eigenvalue weighted by atomic mass is 16.6. The Labute approximate surface area is 128 Å². The molecule has 1 heterocycles. The molecule has 2 rings (SSSR count). The Bertz CT molecular complexity index is 350. The van der Waals surface area contributed by atoms with Gasteiger partial charge < -0.3 is 20.1 Å². The van der Waals surface area contributed by atoms with Crippen LogP contribution in [-0.4, -0.2) is 53.5 Å². The Hall–Kier alpha value is -0.810. The summed E-state index contributed by atoms with van der Waals surface area (Å²) >= 11 is 0. The van der Waals surface area contributed by atoms with Gasteiger partial charge in [0, 0.05) is 31.8 Å². The average molecular weight is 298 g/mol. The summed E-state index contributed by atoms with van der Waals surface area (Å²) in [6, 6.07) is 0.936. The summed E-state index contributed by atoms with van der Waals surface area (Å²) in [5.74, 6) is 0.416. The second-order valence-electron chi connectivity index (χ2n) is 7.39. The highest BCUT2D eigenvalue weighted by molar-refractivity contribution is 5.68. The lowest BCUT2D eigenvalue weighted by atomic mass is 9.89. The third kappa shape index (κ3) is 5.47. The number of amides is 1. The molecule has 0 radical (unpaired) electrons. The molecule has 5 heteroatoms. The second kappa shape index (κ2) is 6.97. The van der Waals surface area contributed by atoms with E-state index in [0.717, 1.165) is 32.4 Å². The van der Waals surface area contributed by atoms with Crippen LogP contribution in [0.4, 0.5) is 4.79 Å². The Kier molecular flexibility index (Phi) is 5.49. The minimum absolute atomic E-state index is 0.202. The average Bonchev–Trinajstić information content (AvgIpc) is 3.20. The molecule has 2 atom stereocenters. The third-order valence-electron chi connectivity index (χ3n) is 4.15. The van der Waals surface area contributed by atoms with Gasteiger partial charge in [-0.15, -0.1) is 0 Å². The zero-order valence-electron chi connectivity index (χ0n) is 13.6. The van der Waals surface area contributed by atoms with Crippen molar-refractivity contribution in [2.75, 3.05) is 19.7 Å². The Morgan fingerprint density at radius 2 is 2.10 bits per heavy atom. The lowest BCUT2D eigenvalue weighted by Gasteiger charge is -2.38. The molecule has 1 aliphatic heterocycles. The van der Waals surface area contributed by atoms with E-state index < -0.39 is 5.60 Å². The van der Waals surface area contributed by atoms with E-state index in [-0.39, 0.29) is 12.7 Å². The molecule has 0 bridgehead atoms. The number of hydrogen-bond donors (Lipinski definition) is 2. The predicted octanol–water partition coefficient (Wildman–Crippen LogP) is 2.14. The number of ether oxygens (including phenoxy) is 1. The van der Waals surface area contributed by atoms with Gasteiger partial charge in [0.05, 0.1) is 0 Å². The molecule has 0 unspecified atom stereocenters. The van der Waals surface area contributed by atoms with Gasteiger partial charge in [-0.1, -0.05) is 0 Å². The van der Waals surface area contributed by atoms with Gasteiger partial charge >= 0.3 is 6.09 Å². The Morgan fingerprint density at radius 3 is 2.67 bits per heavy atom. The molecule has 122 valence electrons.